The van der Waals surface area contributed by atoms with Gasteiger partial charge >= 0.3 is 5.97 Å². The molecule has 9 heteroatoms. The smallest absolute Gasteiger partial charge is 0.338 e. The van der Waals surface area contributed by atoms with Gasteiger partial charge in [0.25, 0.3) is 5.95 Å². The number of esters is 1. The summed E-state index contributed by atoms with van der Waals surface area (Å²) < 4.78 is 6.64. The van der Waals surface area contributed by atoms with E-state index in [1.165, 1.54) is 0 Å². The second-order valence-electron chi connectivity index (χ2n) is 7.50. The van der Waals surface area contributed by atoms with Crippen LogP contribution in [0.25, 0.3) is 5.95 Å². The zero-order valence-electron chi connectivity index (χ0n) is 17.5. The fourth-order valence-electron chi connectivity index (χ4n) is 3.72. The molecule has 0 aliphatic carbocycles. The van der Waals surface area contributed by atoms with Gasteiger partial charge in [-0.1, -0.05) is 6.07 Å². The zero-order chi connectivity index (χ0) is 22.1. The summed E-state index contributed by atoms with van der Waals surface area (Å²) in [5.74, 6) is 0.0942. The van der Waals surface area contributed by atoms with Crippen molar-refractivity contribution in [1.29, 1.82) is 5.26 Å². The predicted molar refractivity (Wildman–Crippen MR) is 110 cm³/mol. The van der Waals surface area contributed by atoms with E-state index >= 15 is 0 Å². The maximum atomic E-state index is 11.7. The van der Waals surface area contributed by atoms with Gasteiger partial charge in [-0.2, -0.15) is 10.4 Å². The van der Waals surface area contributed by atoms with Gasteiger partial charge in [-0.25, -0.2) is 19.4 Å². The predicted octanol–water partition coefficient (Wildman–Crippen LogP) is 1.95. The number of ether oxygens (including phenoxy) is 1. The Morgan fingerprint density at radius 3 is 2.74 bits per heavy atom. The van der Waals surface area contributed by atoms with Gasteiger partial charge in [0.1, 0.15) is 12.7 Å². The van der Waals surface area contributed by atoms with Crippen molar-refractivity contribution in [1.82, 2.24) is 25.1 Å². The van der Waals surface area contributed by atoms with Gasteiger partial charge in [-0.05, 0) is 38.0 Å². The van der Waals surface area contributed by atoms with Crippen molar-refractivity contribution in [2.75, 3.05) is 6.54 Å². The molecular weight excluding hydrogens is 396 g/mol. The maximum Gasteiger partial charge on any atom is 0.338 e. The van der Waals surface area contributed by atoms with Crippen LogP contribution in [0.5, 0.6) is 0 Å². The van der Waals surface area contributed by atoms with E-state index in [-0.39, 0.29) is 12.6 Å². The molecule has 0 saturated carbocycles. The van der Waals surface area contributed by atoms with E-state index in [1.54, 1.807) is 36.9 Å². The minimum Gasteiger partial charge on any atom is -0.457 e. The number of fused-ring (bicyclic) bond motifs is 1. The van der Waals surface area contributed by atoms with Crippen LogP contribution in [0.15, 0.2) is 24.5 Å². The molecule has 0 bridgehead atoms. The number of carbonyl (C=O) groups excluding carboxylic acids is 1. The number of aryl methyl sites for hydroxylation is 2. The van der Waals surface area contributed by atoms with E-state index in [4.69, 9.17) is 10.00 Å². The highest BCUT2D eigenvalue weighted by Crippen LogP contribution is 2.28. The third kappa shape index (κ3) is 3.91. The lowest BCUT2D eigenvalue weighted by molar-refractivity contribution is 0.0535. The summed E-state index contributed by atoms with van der Waals surface area (Å²) >= 11 is 0. The molecule has 0 unspecified atom stereocenters. The fraction of sp³-hybridized carbons (Fsp3) is 0.318. The Kier molecular flexibility index (Phi) is 5.50. The summed E-state index contributed by atoms with van der Waals surface area (Å²) in [5.41, 5.74) is 5.68. The molecule has 31 heavy (non-hydrogen) atoms. The number of hydrogen-bond donors (Lipinski definition) is 2. The highest BCUT2D eigenvalue weighted by Gasteiger charge is 2.25. The third-order valence-electron chi connectivity index (χ3n) is 5.45. The first-order chi connectivity index (χ1) is 14.9. The molecule has 3 aromatic rings. The first-order valence-electron chi connectivity index (χ1n) is 9.86. The number of carbonyl (C=O) groups is 1. The van der Waals surface area contributed by atoms with Crippen LogP contribution in [0.4, 0.5) is 0 Å². The normalized spacial score (nSPS) is 13.6. The molecule has 1 aromatic carbocycles. The van der Waals surface area contributed by atoms with Crippen LogP contribution in [-0.2, 0) is 17.9 Å². The van der Waals surface area contributed by atoms with Crippen LogP contribution in [0.1, 0.15) is 55.7 Å². The topological polar surface area (TPSA) is 126 Å². The quantitative estimate of drug-likeness (QED) is 0.582. The van der Waals surface area contributed by atoms with Crippen molar-refractivity contribution in [2.24, 2.45) is 0 Å². The number of hydrogen-bond acceptors (Lipinski definition) is 8. The van der Waals surface area contributed by atoms with E-state index in [0.717, 1.165) is 22.3 Å². The maximum absolute atomic E-state index is 11.7. The van der Waals surface area contributed by atoms with Crippen LogP contribution < -0.4 is 5.32 Å². The van der Waals surface area contributed by atoms with Gasteiger partial charge in [0.2, 0.25) is 0 Å². The molecule has 4 rings (SSSR count). The van der Waals surface area contributed by atoms with Crippen molar-refractivity contribution in [3.05, 3.63) is 69.3 Å². The van der Waals surface area contributed by atoms with Crippen molar-refractivity contribution in [3.63, 3.8) is 0 Å². The molecule has 2 aromatic heterocycles. The van der Waals surface area contributed by atoms with E-state index in [2.05, 4.69) is 26.5 Å². The second kappa shape index (κ2) is 8.26. The molecular formula is C22H22N6O3. The standard InChI is InChI=1S/C22H22N6O3/c1-12-16(4-5-17-19(12)11-31-21(17)30)20(29)9-24-7-15-8-25-28(10-15)22-26-13(2)18(6-23)14(3)27-22/h4-5,8,10,20,24,29H,7,9,11H2,1-3H3/t20-/m0/s1. The first-order valence-corrected chi connectivity index (χ1v) is 9.86. The van der Waals surface area contributed by atoms with E-state index < -0.39 is 6.10 Å². The SMILES string of the molecule is Cc1nc(-n2cc(CNC[C@H](O)c3ccc4c(c3C)COC4=O)cn2)nc(C)c1C#N. The van der Waals surface area contributed by atoms with Crippen LogP contribution in [0.3, 0.4) is 0 Å². The van der Waals surface area contributed by atoms with Crippen molar-refractivity contribution in [2.45, 2.75) is 40.0 Å². The van der Waals surface area contributed by atoms with Crippen LogP contribution in [-0.4, -0.2) is 37.4 Å². The van der Waals surface area contributed by atoms with Gasteiger partial charge in [0.05, 0.1) is 34.8 Å². The molecule has 0 fully saturated rings. The minimum absolute atomic E-state index is 0.254. The van der Waals surface area contributed by atoms with Crippen LogP contribution >= 0.6 is 0 Å². The Morgan fingerprint density at radius 2 is 2.03 bits per heavy atom. The molecule has 0 radical (unpaired) electrons. The monoisotopic (exact) mass is 418 g/mol. The Balaban J connectivity index is 1.40. The van der Waals surface area contributed by atoms with Gasteiger partial charge in [0.15, 0.2) is 0 Å². The Bertz CT molecular complexity index is 1190. The molecule has 1 aliphatic rings. The molecule has 9 nitrogen and oxygen atoms in total. The largest absolute Gasteiger partial charge is 0.457 e. The number of nitrogens with zero attached hydrogens (tertiary/aromatic N) is 5. The lowest BCUT2D eigenvalue weighted by atomic mass is 9.95. The molecule has 1 aliphatic heterocycles. The third-order valence-corrected chi connectivity index (χ3v) is 5.45. The van der Waals surface area contributed by atoms with Crippen molar-refractivity contribution < 1.29 is 14.6 Å². The number of aliphatic hydroxyl groups is 1. The summed E-state index contributed by atoms with van der Waals surface area (Å²) in [6.07, 6.45) is 2.79. The number of aliphatic hydroxyl groups excluding tert-OH is 1. The lowest BCUT2D eigenvalue weighted by Crippen LogP contribution is -2.21. The number of aromatic nitrogens is 4. The average molecular weight is 418 g/mol. The molecule has 3 heterocycles. The Hall–Kier alpha value is -3.61. The highest BCUT2D eigenvalue weighted by atomic mass is 16.5. The van der Waals surface area contributed by atoms with Crippen LogP contribution in [0, 0.1) is 32.1 Å². The van der Waals surface area contributed by atoms with E-state index in [0.29, 0.717) is 41.6 Å². The van der Waals surface area contributed by atoms with Crippen molar-refractivity contribution in [3.8, 4) is 12.0 Å². The molecule has 0 spiro atoms. The average Bonchev–Trinajstić information content (AvgIpc) is 3.35. The van der Waals surface area contributed by atoms with Crippen LogP contribution in [0.2, 0.25) is 0 Å². The minimum atomic E-state index is -0.719. The summed E-state index contributed by atoms with van der Waals surface area (Å²) in [4.78, 5) is 20.4. The van der Waals surface area contributed by atoms with E-state index in [1.807, 2.05) is 13.1 Å². The summed E-state index contributed by atoms with van der Waals surface area (Å²) in [5, 5.41) is 27.3. The number of nitrogens with one attached hydrogen (secondary N) is 1. The molecule has 158 valence electrons. The number of cyclic esters (lactones) is 1. The summed E-state index contributed by atoms with van der Waals surface area (Å²) in [6, 6.07) is 5.59. The lowest BCUT2D eigenvalue weighted by Gasteiger charge is -2.16. The Labute approximate surface area is 179 Å². The first kappa shape index (κ1) is 20.7. The second-order valence-corrected chi connectivity index (χ2v) is 7.50. The fourth-order valence-corrected chi connectivity index (χ4v) is 3.72. The molecule has 2 N–H and O–H groups in total. The number of nitriles is 1. The zero-order valence-corrected chi connectivity index (χ0v) is 17.5. The van der Waals surface area contributed by atoms with Gasteiger partial charge < -0.3 is 15.2 Å². The molecule has 1 atom stereocenters. The van der Waals surface area contributed by atoms with E-state index in [9.17, 15) is 9.90 Å². The van der Waals surface area contributed by atoms with Gasteiger partial charge in [-0.3, -0.25) is 0 Å². The van der Waals surface area contributed by atoms with Crippen molar-refractivity contribution >= 4 is 5.97 Å². The Morgan fingerprint density at radius 1 is 1.29 bits per heavy atom. The number of benzene rings is 1. The summed E-state index contributed by atoms with van der Waals surface area (Å²) in [6.45, 7) is 6.52. The van der Waals surface area contributed by atoms with Gasteiger partial charge in [0, 0.05) is 30.4 Å². The highest BCUT2D eigenvalue weighted by molar-refractivity contribution is 5.93. The summed E-state index contributed by atoms with van der Waals surface area (Å²) in [7, 11) is 0. The van der Waals surface area contributed by atoms with Gasteiger partial charge in [-0.15, -0.1) is 0 Å². The molecule has 0 amide bonds. The number of rotatable bonds is 6. The molecule has 0 saturated heterocycles.